The molecule has 0 saturated heterocycles. The van der Waals surface area contributed by atoms with Crippen LogP contribution in [0.4, 0.5) is 5.69 Å². The largest absolute Gasteiger partial charge is 0.497 e. The van der Waals surface area contributed by atoms with Gasteiger partial charge in [0.25, 0.3) is 0 Å². The summed E-state index contributed by atoms with van der Waals surface area (Å²) in [5.41, 5.74) is 3.45. The lowest BCUT2D eigenvalue weighted by Gasteiger charge is -2.28. The molecule has 0 saturated carbocycles. The van der Waals surface area contributed by atoms with Crippen molar-refractivity contribution in [2.45, 2.75) is 13.0 Å². The minimum Gasteiger partial charge on any atom is -0.497 e. The summed E-state index contributed by atoms with van der Waals surface area (Å²) in [5, 5.41) is 3.52. The Labute approximate surface area is 113 Å². The second-order valence-corrected chi connectivity index (χ2v) is 4.78. The Morgan fingerprint density at radius 3 is 2.95 bits per heavy atom. The van der Waals surface area contributed by atoms with Crippen molar-refractivity contribution in [1.82, 2.24) is 0 Å². The third kappa shape index (κ3) is 2.36. The quantitative estimate of drug-likeness (QED) is 0.890. The number of hydrogen-bond acceptors (Lipinski definition) is 3. The van der Waals surface area contributed by atoms with Crippen molar-refractivity contribution < 1.29 is 9.47 Å². The van der Waals surface area contributed by atoms with Crippen LogP contribution in [0, 0.1) is 6.92 Å². The molecule has 2 aromatic carbocycles. The summed E-state index contributed by atoms with van der Waals surface area (Å²) in [6.45, 7) is 2.71. The fraction of sp³-hybridized carbons (Fsp3) is 0.250. The van der Waals surface area contributed by atoms with Gasteiger partial charge in [-0.3, -0.25) is 0 Å². The molecule has 1 aliphatic rings. The number of anilines is 1. The van der Waals surface area contributed by atoms with Crippen molar-refractivity contribution in [3.8, 4) is 11.5 Å². The van der Waals surface area contributed by atoms with Gasteiger partial charge in [0.05, 0.1) is 18.8 Å². The van der Waals surface area contributed by atoms with Crippen LogP contribution in [-0.2, 0) is 0 Å². The minimum absolute atomic E-state index is 0.157. The van der Waals surface area contributed by atoms with Crippen LogP contribution in [0.25, 0.3) is 0 Å². The Bertz CT molecular complexity index is 595. The molecule has 3 heteroatoms. The van der Waals surface area contributed by atoms with Crippen LogP contribution in [0.2, 0.25) is 0 Å². The molecule has 1 N–H and O–H groups in total. The average Bonchev–Trinajstić information content (AvgIpc) is 2.46. The van der Waals surface area contributed by atoms with E-state index in [-0.39, 0.29) is 6.04 Å². The van der Waals surface area contributed by atoms with E-state index in [0.717, 1.165) is 17.2 Å². The van der Waals surface area contributed by atoms with Gasteiger partial charge < -0.3 is 14.8 Å². The van der Waals surface area contributed by atoms with E-state index < -0.39 is 0 Å². The fourth-order valence-corrected chi connectivity index (χ4v) is 2.32. The van der Waals surface area contributed by atoms with Gasteiger partial charge in [0.1, 0.15) is 18.1 Å². The van der Waals surface area contributed by atoms with Crippen LogP contribution in [0.15, 0.2) is 42.5 Å². The van der Waals surface area contributed by atoms with Crippen LogP contribution < -0.4 is 14.8 Å². The fourth-order valence-electron chi connectivity index (χ4n) is 2.32. The van der Waals surface area contributed by atoms with Crippen LogP contribution in [0.5, 0.6) is 11.5 Å². The predicted molar refractivity (Wildman–Crippen MR) is 76.0 cm³/mol. The molecule has 1 aliphatic heterocycles. The summed E-state index contributed by atoms with van der Waals surface area (Å²) >= 11 is 0. The zero-order chi connectivity index (χ0) is 13.2. The lowest BCUT2D eigenvalue weighted by atomic mass is 10.0. The Morgan fingerprint density at radius 1 is 1.21 bits per heavy atom. The van der Waals surface area contributed by atoms with E-state index in [2.05, 4.69) is 30.4 Å². The van der Waals surface area contributed by atoms with E-state index in [1.807, 2.05) is 24.3 Å². The number of rotatable bonds is 2. The molecule has 0 amide bonds. The van der Waals surface area contributed by atoms with Crippen molar-refractivity contribution in [2.75, 3.05) is 19.0 Å². The van der Waals surface area contributed by atoms with E-state index >= 15 is 0 Å². The van der Waals surface area contributed by atoms with E-state index in [4.69, 9.17) is 9.47 Å². The number of fused-ring (bicyclic) bond motifs is 1. The maximum atomic E-state index is 5.82. The van der Waals surface area contributed by atoms with Crippen LogP contribution in [-0.4, -0.2) is 13.7 Å². The Hall–Kier alpha value is -2.16. The molecular weight excluding hydrogens is 238 g/mol. The van der Waals surface area contributed by atoms with Crippen molar-refractivity contribution in [1.29, 1.82) is 0 Å². The molecule has 19 heavy (non-hydrogen) atoms. The van der Waals surface area contributed by atoms with Gasteiger partial charge in [0.2, 0.25) is 0 Å². The summed E-state index contributed by atoms with van der Waals surface area (Å²) in [4.78, 5) is 0. The van der Waals surface area contributed by atoms with Crippen molar-refractivity contribution >= 4 is 5.69 Å². The van der Waals surface area contributed by atoms with Gasteiger partial charge >= 0.3 is 0 Å². The zero-order valence-corrected chi connectivity index (χ0v) is 11.1. The maximum absolute atomic E-state index is 5.82. The van der Waals surface area contributed by atoms with Gasteiger partial charge in [-0.05, 0) is 42.3 Å². The summed E-state index contributed by atoms with van der Waals surface area (Å²) in [6.07, 6.45) is 0. The van der Waals surface area contributed by atoms with Gasteiger partial charge in [-0.15, -0.1) is 0 Å². The first-order valence-electron chi connectivity index (χ1n) is 6.40. The molecule has 0 aromatic heterocycles. The summed E-state index contributed by atoms with van der Waals surface area (Å²) in [6, 6.07) is 14.4. The van der Waals surface area contributed by atoms with E-state index in [1.54, 1.807) is 7.11 Å². The molecule has 2 aromatic rings. The minimum atomic E-state index is 0.157. The lowest BCUT2D eigenvalue weighted by molar-refractivity contribution is 0.286. The van der Waals surface area contributed by atoms with E-state index in [1.165, 1.54) is 11.1 Å². The number of hydrogen-bond donors (Lipinski definition) is 1. The molecule has 0 bridgehead atoms. The average molecular weight is 255 g/mol. The third-order valence-corrected chi connectivity index (χ3v) is 3.37. The topological polar surface area (TPSA) is 30.5 Å². The normalized spacial score (nSPS) is 17.1. The SMILES string of the molecule is COc1cccc(C2COc3ccc(C)cc3N2)c1. The molecule has 0 spiro atoms. The number of ether oxygens (including phenoxy) is 2. The monoisotopic (exact) mass is 255 g/mol. The predicted octanol–water partition coefficient (Wildman–Crippen LogP) is 3.55. The molecule has 98 valence electrons. The van der Waals surface area contributed by atoms with Gasteiger partial charge in [0.15, 0.2) is 0 Å². The van der Waals surface area contributed by atoms with Crippen molar-refractivity contribution in [2.24, 2.45) is 0 Å². The molecule has 1 atom stereocenters. The molecule has 0 radical (unpaired) electrons. The van der Waals surface area contributed by atoms with Gasteiger partial charge in [0, 0.05) is 0 Å². The summed E-state index contributed by atoms with van der Waals surface area (Å²) < 4.78 is 11.1. The highest BCUT2D eigenvalue weighted by atomic mass is 16.5. The molecule has 3 rings (SSSR count). The second-order valence-electron chi connectivity index (χ2n) is 4.78. The molecule has 0 fully saturated rings. The first kappa shape index (κ1) is 11.9. The number of benzene rings is 2. The first-order chi connectivity index (χ1) is 9.26. The van der Waals surface area contributed by atoms with E-state index in [9.17, 15) is 0 Å². The standard InChI is InChI=1S/C16H17NO2/c1-11-6-7-16-14(8-11)17-15(10-19-16)12-4-3-5-13(9-12)18-2/h3-9,15,17H,10H2,1-2H3. The molecule has 3 nitrogen and oxygen atoms in total. The highest BCUT2D eigenvalue weighted by molar-refractivity contribution is 5.60. The molecular formula is C16H17NO2. The smallest absolute Gasteiger partial charge is 0.142 e. The van der Waals surface area contributed by atoms with Gasteiger partial charge in [-0.25, -0.2) is 0 Å². The number of nitrogens with one attached hydrogen (secondary N) is 1. The maximum Gasteiger partial charge on any atom is 0.142 e. The first-order valence-corrected chi connectivity index (χ1v) is 6.40. The van der Waals surface area contributed by atoms with Gasteiger partial charge in [-0.1, -0.05) is 18.2 Å². The van der Waals surface area contributed by atoms with E-state index in [0.29, 0.717) is 6.61 Å². The Kier molecular flexibility index (Phi) is 3.03. The van der Waals surface area contributed by atoms with Crippen LogP contribution in [0.1, 0.15) is 17.2 Å². The van der Waals surface area contributed by atoms with Gasteiger partial charge in [-0.2, -0.15) is 0 Å². The summed E-state index contributed by atoms with van der Waals surface area (Å²) in [7, 11) is 1.68. The zero-order valence-electron chi connectivity index (χ0n) is 11.1. The number of aryl methyl sites for hydroxylation is 1. The van der Waals surface area contributed by atoms with Crippen LogP contribution >= 0.6 is 0 Å². The highest BCUT2D eigenvalue weighted by Gasteiger charge is 2.20. The molecule has 1 unspecified atom stereocenters. The third-order valence-electron chi connectivity index (χ3n) is 3.37. The van der Waals surface area contributed by atoms with Crippen LogP contribution in [0.3, 0.4) is 0 Å². The Balaban J connectivity index is 1.88. The van der Waals surface area contributed by atoms with Crippen molar-refractivity contribution in [3.05, 3.63) is 53.6 Å². The number of methoxy groups -OCH3 is 1. The highest BCUT2D eigenvalue weighted by Crippen LogP contribution is 2.34. The summed E-state index contributed by atoms with van der Waals surface area (Å²) in [5.74, 6) is 1.79. The molecule has 0 aliphatic carbocycles. The molecule has 1 heterocycles. The Morgan fingerprint density at radius 2 is 2.11 bits per heavy atom. The second kappa shape index (κ2) is 4.84. The van der Waals surface area contributed by atoms with Crippen molar-refractivity contribution in [3.63, 3.8) is 0 Å². The lowest BCUT2D eigenvalue weighted by Crippen LogP contribution is -2.23.